The number of nitrogens with zero attached hydrogens (tertiary/aromatic N) is 1. The molecule has 0 N–H and O–H groups in total. The van der Waals surface area contributed by atoms with Gasteiger partial charge in [-0.25, -0.2) is 4.79 Å². The highest BCUT2D eigenvalue weighted by Gasteiger charge is 2.36. The zero-order chi connectivity index (χ0) is 26.7. The molecule has 4 rings (SSSR count). The number of methoxy groups -OCH3 is 1. The number of rotatable bonds is 5. The molecule has 1 aliphatic carbocycles. The fourth-order valence-corrected chi connectivity index (χ4v) is 6.46. The van der Waals surface area contributed by atoms with E-state index in [2.05, 4.69) is 49.9 Å². The Balaban J connectivity index is 1.86. The van der Waals surface area contributed by atoms with Crippen molar-refractivity contribution in [3.63, 3.8) is 0 Å². The van der Waals surface area contributed by atoms with Crippen LogP contribution in [-0.4, -0.2) is 36.2 Å². The Labute approximate surface area is 224 Å². The van der Waals surface area contributed by atoms with E-state index in [9.17, 15) is 4.79 Å². The van der Waals surface area contributed by atoms with Gasteiger partial charge in [-0.15, -0.1) is 0 Å². The lowest BCUT2D eigenvalue weighted by Gasteiger charge is -2.39. The molecule has 2 aliphatic rings. The third-order valence-corrected chi connectivity index (χ3v) is 8.41. The second kappa shape index (κ2) is 11.7. The molecule has 0 aromatic heterocycles. The Hall–Kier alpha value is -2.17. The molecule has 1 saturated carbocycles. The summed E-state index contributed by atoms with van der Waals surface area (Å²) in [6.07, 6.45) is 9.74. The summed E-state index contributed by atoms with van der Waals surface area (Å²) < 4.78 is 11.8. The molecule has 0 amide bonds. The van der Waals surface area contributed by atoms with Crippen LogP contribution in [0.25, 0.3) is 11.1 Å². The Morgan fingerprint density at radius 1 is 0.919 bits per heavy atom. The number of fused-ring (bicyclic) bond motifs is 1. The summed E-state index contributed by atoms with van der Waals surface area (Å²) in [4.78, 5) is 16.0. The SMILES string of the molecule is COC(=O)[C@@H](OC(C)(C)C)c1c(C)c2c(c(C)c1-c1ccc(C)cc1)CN(C1CCCCCCC1)CC2. The number of carbonyl (C=O) groups excluding carboxylic acids is 1. The maximum Gasteiger partial charge on any atom is 0.339 e. The largest absolute Gasteiger partial charge is 0.467 e. The monoisotopic (exact) mass is 505 g/mol. The van der Waals surface area contributed by atoms with Crippen molar-refractivity contribution in [3.8, 4) is 11.1 Å². The van der Waals surface area contributed by atoms with Gasteiger partial charge in [0.15, 0.2) is 6.10 Å². The molecular formula is C33H47NO3. The Kier molecular flexibility index (Phi) is 8.81. The highest BCUT2D eigenvalue weighted by molar-refractivity contribution is 5.85. The first-order valence-electron chi connectivity index (χ1n) is 14.3. The second-order valence-corrected chi connectivity index (χ2v) is 12.2. The topological polar surface area (TPSA) is 38.8 Å². The van der Waals surface area contributed by atoms with E-state index in [4.69, 9.17) is 9.47 Å². The Morgan fingerprint density at radius 3 is 2.14 bits per heavy atom. The summed E-state index contributed by atoms with van der Waals surface area (Å²) >= 11 is 0. The third-order valence-electron chi connectivity index (χ3n) is 8.41. The minimum absolute atomic E-state index is 0.335. The molecule has 0 bridgehead atoms. The van der Waals surface area contributed by atoms with Gasteiger partial charge < -0.3 is 9.47 Å². The van der Waals surface area contributed by atoms with E-state index in [1.165, 1.54) is 79.9 Å². The number of hydrogen-bond donors (Lipinski definition) is 0. The van der Waals surface area contributed by atoms with Gasteiger partial charge in [0.1, 0.15) is 0 Å². The van der Waals surface area contributed by atoms with Crippen molar-refractivity contribution in [1.82, 2.24) is 4.90 Å². The molecule has 1 atom stereocenters. The molecule has 4 heteroatoms. The molecule has 1 aliphatic heterocycles. The maximum absolute atomic E-state index is 13.2. The van der Waals surface area contributed by atoms with Gasteiger partial charge in [-0.3, -0.25) is 4.90 Å². The van der Waals surface area contributed by atoms with Gasteiger partial charge in [-0.1, -0.05) is 61.9 Å². The summed E-state index contributed by atoms with van der Waals surface area (Å²) in [5, 5.41) is 0. The highest BCUT2D eigenvalue weighted by Crippen LogP contribution is 2.43. The normalized spacial score (nSPS) is 18.6. The fourth-order valence-electron chi connectivity index (χ4n) is 6.46. The second-order valence-electron chi connectivity index (χ2n) is 12.2. The van der Waals surface area contributed by atoms with E-state index in [0.29, 0.717) is 6.04 Å². The van der Waals surface area contributed by atoms with E-state index >= 15 is 0 Å². The summed E-state index contributed by atoms with van der Waals surface area (Å²) in [7, 11) is 1.46. The number of aryl methyl sites for hydroxylation is 1. The van der Waals surface area contributed by atoms with E-state index in [-0.39, 0.29) is 5.97 Å². The molecule has 202 valence electrons. The minimum Gasteiger partial charge on any atom is -0.467 e. The first-order valence-corrected chi connectivity index (χ1v) is 14.3. The average Bonchev–Trinajstić information content (AvgIpc) is 2.84. The lowest BCUT2D eigenvalue weighted by atomic mass is 9.79. The van der Waals surface area contributed by atoms with Crippen LogP contribution in [0.2, 0.25) is 0 Å². The molecule has 2 aromatic carbocycles. The first-order chi connectivity index (χ1) is 17.6. The predicted octanol–water partition coefficient (Wildman–Crippen LogP) is 7.78. The first kappa shape index (κ1) is 27.9. The predicted molar refractivity (Wildman–Crippen MR) is 152 cm³/mol. The van der Waals surface area contributed by atoms with Crippen LogP contribution >= 0.6 is 0 Å². The molecule has 37 heavy (non-hydrogen) atoms. The molecule has 0 unspecified atom stereocenters. The van der Waals surface area contributed by atoms with Crippen LogP contribution in [0, 0.1) is 20.8 Å². The van der Waals surface area contributed by atoms with E-state index < -0.39 is 11.7 Å². The van der Waals surface area contributed by atoms with Gasteiger partial charge in [0.05, 0.1) is 12.7 Å². The van der Waals surface area contributed by atoms with Crippen LogP contribution in [0.1, 0.15) is 105 Å². The van der Waals surface area contributed by atoms with E-state index in [1.54, 1.807) is 0 Å². The molecule has 1 fully saturated rings. The standard InChI is InChI=1S/C33H47NO3/c1-22-15-17-25(18-16-22)29-24(3)28-21-34(26-13-11-9-8-10-12-14-26)20-19-27(28)23(2)30(29)31(32(35)36-7)37-33(4,5)6/h15-18,26,31H,8-14,19-21H2,1-7H3/t31-/m0/s1. The molecule has 4 nitrogen and oxygen atoms in total. The van der Waals surface area contributed by atoms with Crippen LogP contribution in [0.5, 0.6) is 0 Å². The molecule has 2 aromatic rings. The van der Waals surface area contributed by atoms with Crippen LogP contribution < -0.4 is 0 Å². The van der Waals surface area contributed by atoms with Crippen LogP contribution in [0.3, 0.4) is 0 Å². The van der Waals surface area contributed by atoms with E-state index in [0.717, 1.165) is 36.2 Å². The zero-order valence-corrected chi connectivity index (χ0v) is 24.2. The number of ether oxygens (including phenoxy) is 2. The molecule has 1 heterocycles. The number of hydrogen-bond acceptors (Lipinski definition) is 4. The van der Waals surface area contributed by atoms with Gasteiger partial charge in [0, 0.05) is 24.7 Å². The highest BCUT2D eigenvalue weighted by atomic mass is 16.6. The van der Waals surface area contributed by atoms with Gasteiger partial charge in [0.25, 0.3) is 0 Å². The quantitative estimate of drug-likeness (QED) is 0.389. The summed E-state index contributed by atoms with van der Waals surface area (Å²) in [6.45, 7) is 14.6. The van der Waals surface area contributed by atoms with Crippen LogP contribution in [0.4, 0.5) is 0 Å². The smallest absolute Gasteiger partial charge is 0.339 e. The van der Waals surface area contributed by atoms with Crippen molar-refractivity contribution >= 4 is 5.97 Å². The fraction of sp³-hybridized carbons (Fsp3) is 0.606. The molecule has 0 radical (unpaired) electrons. The maximum atomic E-state index is 13.2. The summed E-state index contributed by atoms with van der Waals surface area (Å²) in [5.41, 5.74) is 9.30. The van der Waals surface area contributed by atoms with Crippen molar-refractivity contribution in [2.75, 3.05) is 13.7 Å². The van der Waals surface area contributed by atoms with Gasteiger partial charge >= 0.3 is 5.97 Å². The van der Waals surface area contributed by atoms with Crippen LogP contribution in [-0.2, 0) is 27.2 Å². The third kappa shape index (κ3) is 6.29. The lowest BCUT2D eigenvalue weighted by Crippen LogP contribution is -2.40. The number of benzene rings is 2. The molecule has 0 spiro atoms. The van der Waals surface area contributed by atoms with Crippen molar-refractivity contribution in [2.24, 2.45) is 0 Å². The lowest BCUT2D eigenvalue weighted by molar-refractivity contribution is -0.164. The van der Waals surface area contributed by atoms with Gasteiger partial charge in [0.2, 0.25) is 0 Å². The van der Waals surface area contributed by atoms with Crippen molar-refractivity contribution < 1.29 is 14.3 Å². The van der Waals surface area contributed by atoms with Gasteiger partial charge in [-0.05, 0) is 94.2 Å². The van der Waals surface area contributed by atoms with E-state index in [1.807, 2.05) is 20.8 Å². The van der Waals surface area contributed by atoms with Crippen molar-refractivity contribution in [3.05, 3.63) is 57.6 Å². The zero-order valence-electron chi connectivity index (χ0n) is 24.2. The minimum atomic E-state index is -0.770. The van der Waals surface area contributed by atoms with Gasteiger partial charge in [-0.2, -0.15) is 0 Å². The average molecular weight is 506 g/mol. The van der Waals surface area contributed by atoms with Crippen molar-refractivity contribution in [1.29, 1.82) is 0 Å². The summed E-state index contributed by atoms with van der Waals surface area (Å²) in [6, 6.07) is 9.38. The number of esters is 1. The Bertz CT molecular complexity index is 1090. The number of carbonyl (C=O) groups is 1. The molecule has 0 saturated heterocycles. The molecular weight excluding hydrogens is 458 g/mol. The summed E-state index contributed by atoms with van der Waals surface area (Å²) in [5.74, 6) is -0.335. The Morgan fingerprint density at radius 2 is 1.54 bits per heavy atom. The van der Waals surface area contributed by atoms with Crippen LogP contribution in [0.15, 0.2) is 24.3 Å². The van der Waals surface area contributed by atoms with Crippen molar-refractivity contribution in [2.45, 2.75) is 117 Å².